The van der Waals surface area contributed by atoms with E-state index in [1.165, 1.54) is 12.8 Å². The first kappa shape index (κ1) is 7.98. The Labute approximate surface area is 62.1 Å². The van der Waals surface area contributed by atoms with Crippen LogP contribution in [0.2, 0.25) is 0 Å². The SMILES string of the molecule is CON(C)CC(N)C1CC1. The Morgan fingerprint density at radius 1 is 1.70 bits per heavy atom. The molecule has 0 aromatic rings. The van der Waals surface area contributed by atoms with Crippen molar-refractivity contribution in [1.82, 2.24) is 5.06 Å². The van der Waals surface area contributed by atoms with E-state index >= 15 is 0 Å². The van der Waals surface area contributed by atoms with E-state index in [4.69, 9.17) is 10.6 Å². The Kier molecular flexibility index (Phi) is 2.65. The molecular weight excluding hydrogens is 128 g/mol. The zero-order chi connectivity index (χ0) is 7.56. The van der Waals surface area contributed by atoms with Gasteiger partial charge >= 0.3 is 0 Å². The number of likely N-dealkylation sites (N-methyl/N-ethyl adjacent to an activating group) is 1. The lowest BCUT2D eigenvalue weighted by molar-refractivity contribution is -0.113. The van der Waals surface area contributed by atoms with Crippen LogP contribution in [-0.4, -0.2) is 31.8 Å². The molecule has 2 N–H and O–H groups in total. The summed E-state index contributed by atoms with van der Waals surface area (Å²) in [5, 5.41) is 1.78. The van der Waals surface area contributed by atoms with Gasteiger partial charge < -0.3 is 10.6 Å². The number of hydrogen-bond donors (Lipinski definition) is 1. The molecule has 1 atom stereocenters. The van der Waals surface area contributed by atoms with E-state index in [1.807, 2.05) is 7.05 Å². The van der Waals surface area contributed by atoms with Crippen molar-refractivity contribution in [3.05, 3.63) is 0 Å². The smallest absolute Gasteiger partial charge is 0.0575 e. The van der Waals surface area contributed by atoms with Crippen molar-refractivity contribution in [2.24, 2.45) is 11.7 Å². The van der Waals surface area contributed by atoms with Gasteiger partial charge in [0.25, 0.3) is 0 Å². The fourth-order valence-electron chi connectivity index (χ4n) is 1.04. The second-order valence-electron chi connectivity index (χ2n) is 2.99. The maximum atomic E-state index is 5.83. The van der Waals surface area contributed by atoms with Crippen molar-refractivity contribution in [2.75, 3.05) is 20.7 Å². The molecule has 0 bridgehead atoms. The summed E-state index contributed by atoms with van der Waals surface area (Å²) in [5.41, 5.74) is 5.83. The topological polar surface area (TPSA) is 38.5 Å². The van der Waals surface area contributed by atoms with Crippen LogP contribution in [0.4, 0.5) is 0 Å². The zero-order valence-electron chi connectivity index (χ0n) is 6.71. The predicted octanol–water partition coefficient (Wildman–Crippen LogP) is 0.217. The van der Waals surface area contributed by atoms with Crippen LogP contribution in [0.15, 0.2) is 0 Å². The normalized spacial score (nSPS) is 21.6. The molecule has 0 aromatic heterocycles. The van der Waals surface area contributed by atoms with E-state index in [-0.39, 0.29) is 0 Å². The Morgan fingerprint density at radius 2 is 2.30 bits per heavy atom. The van der Waals surface area contributed by atoms with E-state index in [9.17, 15) is 0 Å². The largest absolute Gasteiger partial charge is 0.326 e. The zero-order valence-corrected chi connectivity index (χ0v) is 6.71. The van der Waals surface area contributed by atoms with Crippen LogP contribution in [0.25, 0.3) is 0 Å². The number of nitrogens with two attached hydrogens (primary N) is 1. The summed E-state index contributed by atoms with van der Waals surface area (Å²) >= 11 is 0. The quantitative estimate of drug-likeness (QED) is 0.573. The predicted molar refractivity (Wildman–Crippen MR) is 40.3 cm³/mol. The highest BCUT2D eigenvalue weighted by Gasteiger charge is 2.28. The second-order valence-corrected chi connectivity index (χ2v) is 2.99. The maximum Gasteiger partial charge on any atom is 0.0575 e. The summed E-state index contributed by atoms with van der Waals surface area (Å²) in [4.78, 5) is 4.95. The van der Waals surface area contributed by atoms with Crippen molar-refractivity contribution in [3.63, 3.8) is 0 Å². The molecule has 1 rings (SSSR count). The molecule has 0 saturated heterocycles. The van der Waals surface area contributed by atoms with Gasteiger partial charge in [-0.3, -0.25) is 0 Å². The van der Waals surface area contributed by atoms with Crippen molar-refractivity contribution >= 4 is 0 Å². The number of hydrogen-bond acceptors (Lipinski definition) is 3. The summed E-state index contributed by atoms with van der Waals surface area (Å²) < 4.78 is 0. The summed E-state index contributed by atoms with van der Waals surface area (Å²) in [6, 6.07) is 0.310. The minimum atomic E-state index is 0.310. The summed E-state index contributed by atoms with van der Waals surface area (Å²) in [5.74, 6) is 0.762. The van der Waals surface area contributed by atoms with Gasteiger partial charge in [0.05, 0.1) is 7.11 Å². The maximum absolute atomic E-state index is 5.83. The van der Waals surface area contributed by atoms with Crippen molar-refractivity contribution in [3.8, 4) is 0 Å². The van der Waals surface area contributed by atoms with E-state index in [1.54, 1.807) is 12.2 Å². The molecule has 1 saturated carbocycles. The lowest BCUT2D eigenvalue weighted by Gasteiger charge is -2.17. The molecule has 1 aliphatic rings. The molecule has 0 amide bonds. The Balaban J connectivity index is 2.10. The molecule has 1 unspecified atom stereocenters. The van der Waals surface area contributed by atoms with E-state index < -0.39 is 0 Å². The molecule has 3 nitrogen and oxygen atoms in total. The van der Waals surface area contributed by atoms with Gasteiger partial charge in [0.2, 0.25) is 0 Å². The average Bonchev–Trinajstić information content (AvgIpc) is 2.68. The molecule has 10 heavy (non-hydrogen) atoms. The number of rotatable bonds is 4. The molecule has 0 radical (unpaired) electrons. The number of nitrogens with zero attached hydrogens (tertiary/aromatic N) is 1. The third-order valence-corrected chi connectivity index (χ3v) is 2.01. The van der Waals surface area contributed by atoms with Gasteiger partial charge in [-0.1, -0.05) is 0 Å². The fourth-order valence-corrected chi connectivity index (χ4v) is 1.04. The first-order valence-corrected chi connectivity index (χ1v) is 3.75. The molecule has 0 aliphatic heterocycles. The minimum absolute atomic E-state index is 0.310. The van der Waals surface area contributed by atoms with Gasteiger partial charge in [0.15, 0.2) is 0 Å². The molecule has 0 spiro atoms. The van der Waals surface area contributed by atoms with Crippen molar-refractivity contribution in [1.29, 1.82) is 0 Å². The first-order valence-electron chi connectivity index (χ1n) is 3.75. The number of hydroxylamine groups is 2. The highest BCUT2D eigenvalue weighted by molar-refractivity contribution is 4.84. The monoisotopic (exact) mass is 144 g/mol. The highest BCUT2D eigenvalue weighted by Crippen LogP contribution is 2.31. The van der Waals surface area contributed by atoms with Crippen LogP contribution in [0.1, 0.15) is 12.8 Å². The lowest BCUT2D eigenvalue weighted by Crippen LogP contribution is -2.36. The summed E-state index contributed by atoms with van der Waals surface area (Å²) in [7, 11) is 3.57. The third kappa shape index (κ3) is 2.25. The van der Waals surface area contributed by atoms with Gasteiger partial charge in [0.1, 0.15) is 0 Å². The van der Waals surface area contributed by atoms with E-state index in [0.717, 1.165) is 12.5 Å². The summed E-state index contributed by atoms with van der Waals surface area (Å²) in [6.07, 6.45) is 2.61. The van der Waals surface area contributed by atoms with Gasteiger partial charge in [-0.2, -0.15) is 5.06 Å². The minimum Gasteiger partial charge on any atom is -0.326 e. The van der Waals surface area contributed by atoms with Crippen molar-refractivity contribution < 1.29 is 4.84 Å². The standard InChI is InChI=1S/C7H16N2O/c1-9(10-2)5-7(8)6-3-4-6/h6-7H,3-5,8H2,1-2H3. The van der Waals surface area contributed by atoms with E-state index in [0.29, 0.717) is 6.04 Å². The third-order valence-electron chi connectivity index (χ3n) is 2.01. The van der Waals surface area contributed by atoms with Crippen LogP contribution < -0.4 is 5.73 Å². The van der Waals surface area contributed by atoms with Gasteiger partial charge in [-0.15, -0.1) is 0 Å². The Bertz CT molecular complexity index is 104. The van der Waals surface area contributed by atoms with E-state index in [2.05, 4.69) is 0 Å². The second kappa shape index (κ2) is 3.32. The molecule has 3 heteroatoms. The van der Waals surface area contributed by atoms with Gasteiger partial charge in [-0.25, -0.2) is 0 Å². The lowest BCUT2D eigenvalue weighted by atomic mass is 10.2. The molecule has 60 valence electrons. The van der Waals surface area contributed by atoms with Gasteiger partial charge in [0, 0.05) is 19.6 Å². The van der Waals surface area contributed by atoms with Crippen LogP contribution in [0.5, 0.6) is 0 Å². The first-order chi connectivity index (χ1) is 4.74. The average molecular weight is 144 g/mol. The van der Waals surface area contributed by atoms with Crippen LogP contribution >= 0.6 is 0 Å². The van der Waals surface area contributed by atoms with Crippen LogP contribution in [0, 0.1) is 5.92 Å². The molecule has 1 aliphatic carbocycles. The Hall–Kier alpha value is -0.120. The van der Waals surface area contributed by atoms with Crippen molar-refractivity contribution in [2.45, 2.75) is 18.9 Å². The van der Waals surface area contributed by atoms with Crippen LogP contribution in [-0.2, 0) is 4.84 Å². The molecule has 0 heterocycles. The molecule has 0 aromatic carbocycles. The van der Waals surface area contributed by atoms with Crippen LogP contribution in [0.3, 0.4) is 0 Å². The highest BCUT2D eigenvalue weighted by atomic mass is 16.7. The Morgan fingerprint density at radius 3 is 2.70 bits per heavy atom. The molecular formula is C7H16N2O. The summed E-state index contributed by atoms with van der Waals surface area (Å²) in [6.45, 7) is 0.848. The fraction of sp³-hybridized carbons (Fsp3) is 1.00. The van der Waals surface area contributed by atoms with Gasteiger partial charge in [-0.05, 0) is 18.8 Å². The molecule has 1 fully saturated rings.